The third kappa shape index (κ3) is 2.08. The van der Waals surface area contributed by atoms with Crippen LogP contribution < -0.4 is 0 Å². The third-order valence-corrected chi connectivity index (χ3v) is 5.50. The van der Waals surface area contributed by atoms with Crippen LogP contribution in [0.5, 0.6) is 0 Å². The molecule has 0 radical (unpaired) electrons. The van der Waals surface area contributed by atoms with Crippen LogP contribution in [-0.4, -0.2) is 37.1 Å². The van der Waals surface area contributed by atoms with Crippen molar-refractivity contribution in [2.75, 3.05) is 12.4 Å². The summed E-state index contributed by atoms with van der Waals surface area (Å²) in [6.45, 7) is 3.35. The van der Waals surface area contributed by atoms with Crippen LogP contribution in [0.2, 0.25) is 0 Å². The lowest BCUT2D eigenvalue weighted by Crippen LogP contribution is -2.45. The van der Waals surface area contributed by atoms with E-state index >= 15 is 0 Å². The van der Waals surface area contributed by atoms with Crippen LogP contribution in [-0.2, 0) is 24.4 Å². The molecule has 0 amide bonds. The first-order chi connectivity index (χ1) is 8.61. The van der Waals surface area contributed by atoms with Gasteiger partial charge in [0.2, 0.25) is 0 Å². The van der Waals surface area contributed by atoms with Gasteiger partial charge >= 0.3 is 5.97 Å². The summed E-state index contributed by atoms with van der Waals surface area (Å²) in [5.41, 5.74) is -1.57. The Labute approximate surface area is 112 Å². The molecule has 0 heterocycles. The molecule has 0 saturated heterocycles. The van der Waals surface area contributed by atoms with E-state index in [0.717, 1.165) is 6.42 Å². The average Bonchev–Trinajstić information content (AvgIpc) is 2.60. The Kier molecular flexibility index (Phi) is 3.25. The number of hydrogen-bond acceptors (Lipinski definition) is 5. The fraction of sp³-hybridized carbons (Fsp3) is 0.833. The van der Waals surface area contributed by atoms with Gasteiger partial charge in [0.15, 0.2) is 5.78 Å². The van der Waals surface area contributed by atoms with E-state index in [-0.39, 0.29) is 11.7 Å². The smallest absolute Gasteiger partial charge is 0.320 e. The number of fused-ring (bicyclic) bond motifs is 2. The van der Waals surface area contributed by atoms with Crippen molar-refractivity contribution in [1.29, 1.82) is 0 Å². The number of esters is 1. The van der Waals surface area contributed by atoms with Crippen LogP contribution in [0.25, 0.3) is 0 Å². The Morgan fingerprint density at radius 2 is 2.11 bits per heavy atom. The molecule has 0 aromatic rings. The highest BCUT2D eigenvalue weighted by atomic mass is 32.2. The van der Waals surface area contributed by atoms with Gasteiger partial charge in [0.1, 0.15) is 17.8 Å². The van der Waals surface area contributed by atoms with Gasteiger partial charge in [0.25, 0.3) is 10.1 Å². The topological polar surface area (TPSA) is 97.7 Å². The largest absolute Gasteiger partial charge is 0.464 e. The SMILES string of the molecule is CC1(C)C2CCC1(C(=O)OCCS(=O)(=O)O)C(=O)C2. The summed E-state index contributed by atoms with van der Waals surface area (Å²) in [4.78, 5) is 24.3. The molecule has 19 heavy (non-hydrogen) atoms. The lowest BCUT2D eigenvalue weighted by molar-refractivity contribution is -0.163. The van der Waals surface area contributed by atoms with Crippen molar-refractivity contribution in [3.8, 4) is 0 Å². The van der Waals surface area contributed by atoms with Gasteiger partial charge in [0, 0.05) is 6.42 Å². The van der Waals surface area contributed by atoms with Crippen molar-refractivity contribution in [3.63, 3.8) is 0 Å². The van der Waals surface area contributed by atoms with Crippen LogP contribution in [0, 0.1) is 16.7 Å². The normalized spacial score (nSPS) is 32.6. The Balaban J connectivity index is 2.12. The zero-order valence-electron chi connectivity index (χ0n) is 11.0. The molecule has 1 N–H and O–H groups in total. The molecular weight excluding hydrogens is 272 g/mol. The van der Waals surface area contributed by atoms with E-state index in [1.54, 1.807) is 0 Å². The molecule has 2 aliphatic carbocycles. The van der Waals surface area contributed by atoms with E-state index in [1.165, 1.54) is 0 Å². The molecule has 108 valence electrons. The summed E-state index contributed by atoms with van der Waals surface area (Å²) >= 11 is 0. The minimum Gasteiger partial charge on any atom is -0.464 e. The first-order valence-corrected chi connectivity index (χ1v) is 7.88. The van der Waals surface area contributed by atoms with Gasteiger partial charge in [-0.05, 0) is 24.2 Å². The highest BCUT2D eigenvalue weighted by molar-refractivity contribution is 7.85. The molecule has 6 nitrogen and oxygen atoms in total. The van der Waals surface area contributed by atoms with E-state index < -0.39 is 39.3 Å². The Morgan fingerprint density at radius 3 is 2.53 bits per heavy atom. The van der Waals surface area contributed by atoms with E-state index in [1.807, 2.05) is 13.8 Å². The molecule has 2 aliphatic rings. The second kappa shape index (κ2) is 4.28. The summed E-state index contributed by atoms with van der Waals surface area (Å²) in [6, 6.07) is 0. The van der Waals surface area contributed by atoms with Crippen LogP contribution in [0.1, 0.15) is 33.1 Å². The van der Waals surface area contributed by atoms with Gasteiger partial charge in [-0.2, -0.15) is 8.42 Å². The van der Waals surface area contributed by atoms with E-state index in [4.69, 9.17) is 9.29 Å². The number of ketones is 1. The minimum atomic E-state index is -4.16. The summed E-state index contributed by atoms with van der Waals surface area (Å²) in [6.07, 6.45) is 1.67. The fourth-order valence-corrected chi connectivity index (χ4v) is 3.81. The Morgan fingerprint density at radius 1 is 1.47 bits per heavy atom. The maximum Gasteiger partial charge on any atom is 0.320 e. The lowest BCUT2D eigenvalue weighted by atomic mass is 9.69. The predicted molar refractivity (Wildman–Crippen MR) is 65.9 cm³/mol. The standard InChI is InChI=1S/C12H18O6S/c1-11(2)8-3-4-12(11,9(13)7-8)10(14)18-5-6-19(15,16)17/h8H,3-7H2,1-2H3,(H,15,16,17). The maximum atomic E-state index is 12.2. The summed E-state index contributed by atoms with van der Waals surface area (Å²) in [5, 5.41) is 0. The van der Waals surface area contributed by atoms with Crippen molar-refractivity contribution in [2.24, 2.45) is 16.7 Å². The summed E-state index contributed by atoms with van der Waals surface area (Å²) in [5.74, 6) is -1.21. The van der Waals surface area contributed by atoms with Gasteiger partial charge in [-0.25, -0.2) is 0 Å². The van der Waals surface area contributed by atoms with Crippen LogP contribution >= 0.6 is 0 Å². The second-order valence-electron chi connectivity index (χ2n) is 5.91. The quantitative estimate of drug-likeness (QED) is 0.467. The van der Waals surface area contributed by atoms with Crippen molar-refractivity contribution >= 4 is 21.9 Å². The summed E-state index contributed by atoms with van der Waals surface area (Å²) < 4.78 is 34.7. The van der Waals surface area contributed by atoms with Crippen molar-refractivity contribution in [2.45, 2.75) is 33.1 Å². The predicted octanol–water partition coefficient (Wildman–Crippen LogP) is 0.813. The van der Waals surface area contributed by atoms with Gasteiger partial charge in [0.05, 0.1) is 0 Å². The fourth-order valence-electron chi connectivity index (χ4n) is 3.52. The molecule has 2 bridgehead atoms. The zero-order valence-corrected chi connectivity index (χ0v) is 11.8. The van der Waals surface area contributed by atoms with E-state index in [9.17, 15) is 18.0 Å². The third-order valence-electron chi connectivity index (χ3n) is 4.82. The Hall–Kier alpha value is -0.950. The highest BCUT2D eigenvalue weighted by Gasteiger charge is 2.69. The number of carbonyl (C=O) groups excluding carboxylic acids is 2. The number of Topliss-reactive ketones (excluding diaryl/α,β-unsaturated/α-hetero) is 1. The monoisotopic (exact) mass is 290 g/mol. The summed E-state index contributed by atoms with van der Waals surface area (Å²) in [7, 11) is -4.16. The van der Waals surface area contributed by atoms with Crippen molar-refractivity contribution in [1.82, 2.24) is 0 Å². The molecule has 2 fully saturated rings. The van der Waals surface area contributed by atoms with E-state index in [2.05, 4.69) is 0 Å². The van der Waals surface area contributed by atoms with Gasteiger partial charge in [-0.15, -0.1) is 0 Å². The minimum absolute atomic E-state index is 0.106. The molecule has 0 spiro atoms. The van der Waals surface area contributed by atoms with Crippen LogP contribution in [0.4, 0.5) is 0 Å². The number of carbonyl (C=O) groups is 2. The van der Waals surface area contributed by atoms with Crippen LogP contribution in [0.3, 0.4) is 0 Å². The molecule has 2 atom stereocenters. The van der Waals surface area contributed by atoms with Crippen molar-refractivity contribution < 1.29 is 27.3 Å². The molecule has 0 aromatic carbocycles. The van der Waals surface area contributed by atoms with Gasteiger partial charge < -0.3 is 4.74 Å². The van der Waals surface area contributed by atoms with Gasteiger partial charge in [-0.3, -0.25) is 14.1 Å². The molecule has 7 heteroatoms. The molecule has 0 aromatic heterocycles. The van der Waals surface area contributed by atoms with Crippen molar-refractivity contribution in [3.05, 3.63) is 0 Å². The average molecular weight is 290 g/mol. The number of rotatable bonds is 4. The van der Waals surface area contributed by atoms with Crippen LogP contribution in [0.15, 0.2) is 0 Å². The number of hydrogen-bond donors (Lipinski definition) is 1. The first-order valence-electron chi connectivity index (χ1n) is 6.27. The molecule has 2 saturated carbocycles. The molecular formula is C12H18O6S. The maximum absolute atomic E-state index is 12.2. The van der Waals surface area contributed by atoms with Gasteiger partial charge in [-0.1, -0.05) is 13.8 Å². The Bertz CT molecular complexity index is 520. The molecule has 0 aliphatic heterocycles. The molecule has 2 unspecified atom stereocenters. The zero-order chi connectivity index (χ0) is 14.5. The highest BCUT2D eigenvalue weighted by Crippen LogP contribution is 2.64. The van der Waals surface area contributed by atoms with E-state index in [0.29, 0.717) is 12.8 Å². The second-order valence-corrected chi connectivity index (χ2v) is 7.48. The molecule has 2 rings (SSSR count). The lowest BCUT2D eigenvalue weighted by Gasteiger charge is -2.33. The number of ether oxygens (including phenoxy) is 1. The first kappa shape index (κ1) is 14.5.